The van der Waals surface area contributed by atoms with Gasteiger partial charge in [-0.25, -0.2) is 0 Å². The molecule has 6 heteroatoms. The molecule has 2 atom stereocenters. The number of carbonyl (C=O) groups excluding carboxylic acids is 1. The zero-order valence-electron chi connectivity index (χ0n) is 15.6. The Morgan fingerprint density at radius 3 is 2.73 bits per heavy atom. The molecule has 0 bridgehead atoms. The van der Waals surface area contributed by atoms with Crippen molar-refractivity contribution in [2.24, 2.45) is 5.92 Å². The number of benzene rings is 1. The Morgan fingerprint density at radius 2 is 2.00 bits per heavy atom. The number of β-amino-alcohol motifs (C(OH)–C–C–N with tert-alkyl or cyclic N) is 1. The standard InChI is InChI=1S/C20H30N2O4/c1-16-4-6-19(7-5-16)26-15-18(23)14-21-8-2-3-17(13-21)20(24)22-9-11-25-12-10-22/h4-7,17-18,23H,2-3,8-15H2,1H3. The smallest absolute Gasteiger partial charge is 0.227 e. The van der Waals surface area contributed by atoms with Gasteiger partial charge in [0.25, 0.3) is 0 Å². The quantitative estimate of drug-likeness (QED) is 0.827. The van der Waals surface area contributed by atoms with Crippen molar-refractivity contribution < 1.29 is 19.4 Å². The van der Waals surface area contributed by atoms with Crippen molar-refractivity contribution in [3.05, 3.63) is 29.8 Å². The number of carbonyl (C=O) groups is 1. The molecule has 0 radical (unpaired) electrons. The highest BCUT2D eigenvalue weighted by molar-refractivity contribution is 5.79. The minimum absolute atomic E-state index is 0.0343. The normalized spacial score (nSPS) is 22.8. The van der Waals surface area contributed by atoms with Gasteiger partial charge in [0.15, 0.2) is 0 Å². The predicted octanol–water partition coefficient (Wildman–Crippen LogP) is 1.31. The van der Waals surface area contributed by atoms with Gasteiger partial charge >= 0.3 is 0 Å². The fraction of sp³-hybridized carbons (Fsp3) is 0.650. The molecule has 2 heterocycles. The van der Waals surface area contributed by atoms with Gasteiger partial charge in [-0.05, 0) is 38.4 Å². The topological polar surface area (TPSA) is 62.2 Å². The van der Waals surface area contributed by atoms with Crippen molar-refractivity contribution in [3.63, 3.8) is 0 Å². The third kappa shape index (κ3) is 5.43. The van der Waals surface area contributed by atoms with Crippen molar-refractivity contribution in [1.82, 2.24) is 9.80 Å². The van der Waals surface area contributed by atoms with Crippen LogP contribution in [0.2, 0.25) is 0 Å². The number of aliphatic hydroxyl groups is 1. The van der Waals surface area contributed by atoms with Gasteiger partial charge < -0.3 is 19.5 Å². The Labute approximate surface area is 155 Å². The van der Waals surface area contributed by atoms with Gasteiger partial charge in [0, 0.05) is 26.2 Å². The van der Waals surface area contributed by atoms with E-state index >= 15 is 0 Å². The third-order valence-electron chi connectivity index (χ3n) is 5.11. The van der Waals surface area contributed by atoms with E-state index in [4.69, 9.17) is 9.47 Å². The highest BCUT2D eigenvalue weighted by Crippen LogP contribution is 2.20. The number of ether oxygens (including phenoxy) is 2. The molecule has 144 valence electrons. The van der Waals surface area contributed by atoms with Gasteiger partial charge in [0.2, 0.25) is 5.91 Å². The Balaban J connectivity index is 1.43. The first-order valence-corrected chi connectivity index (χ1v) is 9.58. The zero-order chi connectivity index (χ0) is 18.4. The number of hydrogen-bond donors (Lipinski definition) is 1. The fourth-order valence-electron chi connectivity index (χ4n) is 3.64. The molecule has 1 amide bonds. The van der Waals surface area contributed by atoms with Crippen LogP contribution in [-0.2, 0) is 9.53 Å². The van der Waals surface area contributed by atoms with Crippen LogP contribution in [0.15, 0.2) is 24.3 Å². The van der Waals surface area contributed by atoms with E-state index in [1.165, 1.54) is 5.56 Å². The number of aliphatic hydroxyl groups excluding tert-OH is 1. The van der Waals surface area contributed by atoms with Crippen LogP contribution in [0.1, 0.15) is 18.4 Å². The van der Waals surface area contributed by atoms with Gasteiger partial charge in [-0.3, -0.25) is 9.69 Å². The van der Waals surface area contributed by atoms with Crippen molar-refractivity contribution in [1.29, 1.82) is 0 Å². The van der Waals surface area contributed by atoms with Crippen LogP contribution < -0.4 is 4.74 Å². The van der Waals surface area contributed by atoms with E-state index in [0.29, 0.717) is 32.8 Å². The summed E-state index contributed by atoms with van der Waals surface area (Å²) >= 11 is 0. The second-order valence-electron chi connectivity index (χ2n) is 7.31. The van der Waals surface area contributed by atoms with Crippen molar-refractivity contribution >= 4 is 5.91 Å². The van der Waals surface area contributed by atoms with Gasteiger partial charge in [0.1, 0.15) is 18.5 Å². The molecule has 2 aliphatic heterocycles. The van der Waals surface area contributed by atoms with Crippen molar-refractivity contribution in [2.45, 2.75) is 25.9 Å². The molecule has 0 aromatic heterocycles. The molecular formula is C20H30N2O4. The summed E-state index contributed by atoms with van der Waals surface area (Å²) in [6.07, 6.45) is 1.36. The van der Waals surface area contributed by atoms with Crippen molar-refractivity contribution in [2.75, 3.05) is 52.5 Å². The average molecular weight is 362 g/mol. The van der Waals surface area contributed by atoms with Crippen LogP contribution in [-0.4, -0.2) is 79.5 Å². The van der Waals surface area contributed by atoms with E-state index in [9.17, 15) is 9.90 Å². The van der Waals surface area contributed by atoms with E-state index in [1.54, 1.807) is 0 Å². The van der Waals surface area contributed by atoms with Gasteiger partial charge in [0.05, 0.1) is 19.1 Å². The summed E-state index contributed by atoms with van der Waals surface area (Å²) < 4.78 is 11.0. The number of nitrogens with zero attached hydrogens (tertiary/aromatic N) is 2. The minimum Gasteiger partial charge on any atom is -0.491 e. The highest BCUT2D eigenvalue weighted by Gasteiger charge is 2.30. The molecule has 2 saturated heterocycles. The maximum atomic E-state index is 12.7. The van der Waals surface area contributed by atoms with Crippen LogP contribution in [0.4, 0.5) is 0 Å². The van der Waals surface area contributed by atoms with Crippen LogP contribution in [0, 0.1) is 12.8 Å². The van der Waals surface area contributed by atoms with Crippen LogP contribution in [0.3, 0.4) is 0 Å². The zero-order valence-corrected chi connectivity index (χ0v) is 15.6. The molecule has 0 spiro atoms. The van der Waals surface area contributed by atoms with E-state index in [1.807, 2.05) is 36.1 Å². The molecule has 2 aliphatic rings. The van der Waals surface area contributed by atoms with Gasteiger partial charge in [-0.2, -0.15) is 0 Å². The van der Waals surface area contributed by atoms with Gasteiger partial charge in [-0.1, -0.05) is 17.7 Å². The lowest BCUT2D eigenvalue weighted by molar-refractivity contribution is -0.141. The second kappa shape index (κ2) is 9.35. The summed E-state index contributed by atoms with van der Waals surface area (Å²) in [6.45, 7) is 7.15. The Kier molecular flexibility index (Phi) is 6.88. The Morgan fingerprint density at radius 1 is 1.27 bits per heavy atom. The SMILES string of the molecule is Cc1ccc(OCC(O)CN2CCCC(C(=O)N3CCOCC3)C2)cc1. The van der Waals surface area contributed by atoms with Crippen LogP contribution in [0.25, 0.3) is 0 Å². The first kappa shape index (κ1) is 19.1. The molecule has 26 heavy (non-hydrogen) atoms. The first-order chi connectivity index (χ1) is 12.6. The number of piperidine rings is 1. The first-order valence-electron chi connectivity index (χ1n) is 9.58. The maximum absolute atomic E-state index is 12.7. The molecule has 3 rings (SSSR count). The fourth-order valence-corrected chi connectivity index (χ4v) is 3.64. The number of likely N-dealkylation sites (tertiary alicyclic amines) is 1. The molecule has 2 unspecified atom stereocenters. The maximum Gasteiger partial charge on any atom is 0.227 e. The lowest BCUT2D eigenvalue weighted by atomic mass is 9.96. The molecule has 0 saturated carbocycles. The molecule has 1 N–H and O–H groups in total. The number of rotatable bonds is 6. The minimum atomic E-state index is -0.562. The van der Waals surface area contributed by atoms with Gasteiger partial charge in [-0.15, -0.1) is 0 Å². The van der Waals surface area contributed by atoms with E-state index in [-0.39, 0.29) is 18.4 Å². The Hall–Kier alpha value is -1.63. The molecule has 0 aliphatic carbocycles. The molecule has 6 nitrogen and oxygen atoms in total. The monoisotopic (exact) mass is 362 g/mol. The lowest BCUT2D eigenvalue weighted by Crippen LogP contribution is -2.49. The summed E-state index contributed by atoms with van der Waals surface area (Å²) in [5.74, 6) is 1.05. The predicted molar refractivity (Wildman–Crippen MR) is 99.2 cm³/mol. The largest absolute Gasteiger partial charge is 0.491 e. The van der Waals surface area contributed by atoms with Crippen LogP contribution >= 0.6 is 0 Å². The number of hydrogen-bond acceptors (Lipinski definition) is 5. The average Bonchev–Trinajstić information content (AvgIpc) is 2.68. The summed E-state index contributed by atoms with van der Waals surface area (Å²) in [4.78, 5) is 16.8. The summed E-state index contributed by atoms with van der Waals surface area (Å²) in [7, 11) is 0. The Bertz CT molecular complexity index is 572. The number of amides is 1. The molecular weight excluding hydrogens is 332 g/mol. The summed E-state index contributed by atoms with van der Waals surface area (Å²) in [5.41, 5.74) is 1.18. The van der Waals surface area contributed by atoms with Crippen LogP contribution in [0.5, 0.6) is 5.75 Å². The number of aryl methyl sites for hydroxylation is 1. The molecule has 1 aromatic rings. The van der Waals surface area contributed by atoms with E-state index in [0.717, 1.165) is 31.7 Å². The van der Waals surface area contributed by atoms with E-state index in [2.05, 4.69) is 4.90 Å². The summed E-state index contributed by atoms with van der Waals surface area (Å²) in [6, 6.07) is 7.82. The highest BCUT2D eigenvalue weighted by atomic mass is 16.5. The molecule has 2 fully saturated rings. The second-order valence-corrected chi connectivity index (χ2v) is 7.31. The van der Waals surface area contributed by atoms with Crippen molar-refractivity contribution in [3.8, 4) is 5.75 Å². The number of morpholine rings is 1. The summed E-state index contributed by atoms with van der Waals surface area (Å²) in [5, 5.41) is 10.3. The lowest BCUT2D eigenvalue weighted by Gasteiger charge is -2.36. The molecule has 1 aromatic carbocycles. The van der Waals surface area contributed by atoms with E-state index < -0.39 is 6.10 Å². The third-order valence-corrected chi connectivity index (χ3v) is 5.11.